The predicted molar refractivity (Wildman–Crippen MR) is 128 cm³/mol. The Bertz CT molecular complexity index is 568. The van der Waals surface area contributed by atoms with Gasteiger partial charge in [-0.3, -0.25) is 4.79 Å². The second-order valence-corrected chi connectivity index (χ2v) is 8.08. The number of carbonyl (C=O) groups excluding carboxylic acids is 1. The van der Waals surface area contributed by atoms with Gasteiger partial charge in [-0.15, -0.1) is 0 Å². The molecule has 0 bridgehead atoms. The van der Waals surface area contributed by atoms with Gasteiger partial charge in [0.05, 0.1) is 19.8 Å². The van der Waals surface area contributed by atoms with Gasteiger partial charge < -0.3 is 14.2 Å². The van der Waals surface area contributed by atoms with Crippen LogP contribution in [-0.2, 0) is 25.6 Å². The summed E-state index contributed by atoms with van der Waals surface area (Å²) in [4.78, 5) is 11.6. The summed E-state index contributed by atoms with van der Waals surface area (Å²) in [7, 11) is 0. The second kappa shape index (κ2) is 20.3. The minimum atomic E-state index is -0.114. The maximum Gasteiger partial charge on any atom is 0.305 e. The standard InChI is InChI=1S/C27H44O4/c1-3-5-6-7-8-9-10-11-13-17-26(20-16-21-27(28)31-4-2)23-30-24-29-22-25-18-14-12-15-19-25/h12,14-15,17-19H,3-11,13,16,20-24H2,1-2H3/b26-17-. The molecule has 176 valence electrons. The fourth-order valence-corrected chi connectivity index (χ4v) is 3.48. The van der Waals surface area contributed by atoms with Gasteiger partial charge in [-0.25, -0.2) is 0 Å². The van der Waals surface area contributed by atoms with Crippen molar-refractivity contribution in [1.29, 1.82) is 0 Å². The highest BCUT2D eigenvalue weighted by Crippen LogP contribution is 2.14. The van der Waals surface area contributed by atoms with Crippen molar-refractivity contribution in [3.05, 3.63) is 47.5 Å². The van der Waals surface area contributed by atoms with Crippen molar-refractivity contribution in [2.75, 3.05) is 20.0 Å². The minimum Gasteiger partial charge on any atom is -0.466 e. The van der Waals surface area contributed by atoms with Gasteiger partial charge in [0.1, 0.15) is 6.79 Å². The molecule has 0 amide bonds. The van der Waals surface area contributed by atoms with Gasteiger partial charge >= 0.3 is 5.97 Å². The van der Waals surface area contributed by atoms with Crippen molar-refractivity contribution in [3.8, 4) is 0 Å². The lowest BCUT2D eigenvalue weighted by molar-refractivity contribution is -0.143. The molecule has 1 aromatic rings. The summed E-state index contributed by atoms with van der Waals surface area (Å²) in [6, 6.07) is 10.1. The van der Waals surface area contributed by atoms with Gasteiger partial charge in [-0.05, 0) is 43.7 Å². The van der Waals surface area contributed by atoms with Crippen molar-refractivity contribution in [3.63, 3.8) is 0 Å². The molecule has 0 saturated heterocycles. The molecule has 4 heteroatoms. The van der Waals surface area contributed by atoms with Gasteiger partial charge in [-0.2, -0.15) is 0 Å². The number of esters is 1. The summed E-state index contributed by atoms with van der Waals surface area (Å²) in [5.74, 6) is -0.114. The Morgan fingerprint density at radius 2 is 1.55 bits per heavy atom. The van der Waals surface area contributed by atoms with E-state index in [1.165, 1.54) is 56.9 Å². The number of unbranched alkanes of at least 4 members (excludes halogenated alkanes) is 8. The van der Waals surface area contributed by atoms with Crippen LogP contribution in [0.3, 0.4) is 0 Å². The fourth-order valence-electron chi connectivity index (χ4n) is 3.48. The van der Waals surface area contributed by atoms with Crippen LogP contribution in [0.5, 0.6) is 0 Å². The molecule has 0 fully saturated rings. The molecule has 0 atom stereocenters. The molecule has 0 unspecified atom stereocenters. The quantitative estimate of drug-likeness (QED) is 0.0934. The monoisotopic (exact) mass is 432 g/mol. The lowest BCUT2D eigenvalue weighted by Gasteiger charge is -2.10. The third-order valence-electron chi connectivity index (χ3n) is 5.24. The molecule has 0 radical (unpaired) electrons. The maximum atomic E-state index is 11.6. The van der Waals surface area contributed by atoms with Gasteiger partial charge in [0.25, 0.3) is 0 Å². The third-order valence-corrected chi connectivity index (χ3v) is 5.24. The van der Waals surface area contributed by atoms with Gasteiger partial charge in [-0.1, -0.05) is 88.3 Å². The number of allylic oxidation sites excluding steroid dienone is 1. The first kappa shape index (κ1) is 27.4. The third kappa shape index (κ3) is 16.7. The molecule has 1 aromatic carbocycles. The Balaban J connectivity index is 2.25. The fraction of sp³-hybridized carbons (Fsp3) is 0.667. The molecule has 0 aliphatic carbocycles. The van der Waals surface area contributed by atoms with Crippen LogP contribution < -0.4 is 0 Å². The summed E-state index contributed by atoms with van der Waals surface area (Å²) in [5.41, 5.74) is 2.40. The summed E-state index contributed by atoms with van der Waals surface area (Å²) in [6.45, 7) is 5.95. The zero-order chi connectivity index (χ0) is 22.4. The molecule has 0 aromatic heterocycles. The number of ether oxygens (including phenoxy) is 3. The topological polar surface area (TPSA) is 44.8 Å². The molecule has 0 N–H and O–H groups in total. The van der Waals surface area contributed by atoms with E-state index in [-0.39, 0.29) is 12.8 Å². The van der Waals surface area contributed by atoms with E-state index < -0.39 is 0 Å². The van der Waals surface area contributed by atoms with Crippen LogP contribution in [0.4, 0.5) is 0 Å². The highest BCUT2D eigenvalue weighted by atomic mass is 16.7. The van der Waals surface area contributed by atoms with E-state index in [0.29, 0.717) is 26.2 Å². The first-order chi connectivity index (χ1) is 15.3. The number of benzene rings is 1. The molecule has 0 aliphatic rings. The van der Waals surface area contributed by atoms with Crippen LogP contribution in [-0.4, -0.2) is 26.0 Å². The predicted octanol–water partition coefficient (Wildman–Crippen LogP) is 7.37. The van der Waals surface area contributed by atoms with E-state index in [4.69, 9.17) is 14.2 Å². The van der Waals surface area contributed by atoms with Crippen LogP contribution in [0.1, 0.15) is 96.5 Å². The van der Waals surface area contributed by atoms with Crippen molar-refractivity contribution >= 4 is 5.97 Å². The summed E-state index contributed by atoms with van der Waals surface area (Å²) >= 11 is 0. The van der Waals surface area contributed by atoms with Crippen LogP contribution in [0.2, 0.25) is 0 Å². The molecule has 0 spiro atoms. The Hall–Kier alpha value is -1.65. The van der Waals surface area contributed by atoms with E-state index in [9.17, 15) is 4.79 Å². The minimum absolute atomic E-state index is 0.114. The molecular weight excluding hydrogens is 388 g/mol. The van der Waals surface area contributed by atoms with Gasteiger partial charge in [0, 0.05) is 6.42 Å². The summed E-state index contributed by atoms with van der Waals surface area (Å²) in [5, 5.41) is 0. The number of carbonyl (C=O) groups is 1. The number of hydrogen-bond acceptors (Lipinski definition) is 4. The van der Waals surface area contributed by atoms with Crippen molar-refractivity contribution in [1.82, 2.24) is 0 Å². The van der Waals surface area contributed by atoms with Crippen LogP contribution in [0.15, 0.2) is 42.0 Å². The molecule has 1 rings (SSSR count). The molecule has 4 nitrogen and oxygen atoms in total. The van der Waals surface area contributed by atoms with Crippen molar-refractivity contribution in [2.24, 2.45) is 0 Å². The Morgan fingerprint density at radius 3 is 2.26 bits per heavy atom. The zero-order valence-electron chi connectivity index (χ0n) is 19.9. The first-order valence-electron chi connectivity index (χ1n) is 12.3. The highest BCUT2D eigenvalue weighted by Gasteiger charge is 2.04. The van der Waals surface area contributed by atoms with E-state index in [0.717, 1.165) is 24.8 Å². The molecule has 0 saturated carbocycles. The lowest BCUT2D eigenvalue weighted by atomic mass is 10.0. The van der Waals surface area contributed by atoms with Crippen LogP contribution in [0, 0.1) is 0 Å². The Labute approximate surface area is 190 Å². The number of hydrogen-bond donors (Lipinski definition) is 0. The smallest absolute Gasteiger partial charge is 0.305 e. The summed E-state index contributed by atoms with van der Waals surface area (Å²) < 4.78 is 16.4. The van der Waals surface area contributed by atoms with E-state index in [1.54, 1.807) is 0 Å². The average Bonchev–Trinajstić information content (AvgIpc) is 2.78. The highest BCUT2D eigenvalue weighted by molar-refractivity contribution is 5.69. The van der Waals surface area contributed by atoms with Crippen LogP contribution >= 0.6 is 0 Å². The summed E-state index contributed by atoms with van der Waals surface area (Å²) in [6.07, 6.45) is 16.2. The molecule has 31 heavy (non-hydrogen) atoms. The largest absolute Gasteiger partial charge is 0.466 e. The van der Waals surface area contributed by atoms with Gasteiger partial charge in [0.2, 0.25) is 0 Å². The number of rotatable bonds is 20. The SMILES string of the molecule is CCCCCCCCCC/C=C(/CCCC(=O)OCC)COCOCc1ccccc1. The van der Waals surface area contributed by atoms with E-state index >= 15 is 0 Å². The average molecular weight is 433 g/mol. The van der Waals surface area contributed by atoms with Crippen molar-refractivity contribution < 1.29 is 19.0 Å². The van der Waals surface area contributed by atoms with E-state index in [1.807, 2.05) is 37.3 Å². The molecular formula is C27H44O4. The molecule has 0 heterocycles. The van der Waals surface area contributed by atoms with Crippen LogP contribution in [0.25, 0.3) is 0 Å². The normalized spacial score (nSPS) is 11.6. The van der Waals surface area contributed by atoms with E-state index in [2.05, 4.69) is 13.0 Å². The first-order valence-corrected chi connectivity index (χ1v) is 12.3. The Morgan fingerprint density at radius 1 is 0.839 bits per heavy atom. The van der Waals surface area contributed by atoms with Gasteiger partial charge in [0.15, 0.2) is 0 Å². The Kier molecular flexibility index (Phi) is 17.9. The maximum absolute atomic E-state index is 11.6. The second-order valence-electron chi connectivity index (χ2n) is 8.08. The molecule has 0 aliphatic heterocycles. The zero-order valence-corrected chi connectivity index (χ0v) is 19.9. The lowest BCUT2D eigenvalue weighted by Crippen LogP contribution is -2.06. The van der Waals surface area contributed by atoms with Crippen molar-refractivity contribution in [2.45, 2.75) is 97.5 Å².